The van der Waals surface area contributed by atoms with Gasteiger partial charge in [-0.3, -0.25) is 4.90 Å². The van der Waals surface area contributed by atoms with Crippen LogP contribution in [0.1, 0.15) is 48.5 Å². The smallest absolute Gasteiger partial charge is 0.443 e. The molecule has 0 N–H and O–H groups in total. The van der Waals surface area contributed by atoms with Crippen molar-refractivity contribution in [3.8, 4) is 0 Å². The van der Waals surface area contributed by atoms with Crippen molar-refractivity contribution in [2.45, 2.75) is 65.3 Å². The lowest BCUT2D eigenvalue weighted by atomic mass is 9.79. The van der Waals surface area contributed by atoms with E-state index in [1.54, 1.807) is 26.8 Å². The summed E-state index contributed by atoms with van der Waals surface area (Å²) in [5, 5.41) is 0. The fourth-order valence-electron chi connectivity index (χ4n) is 2.81. The van der Waals surface area contributed by atoms with Crippen LogP contribution in [0.5, 0.6) is 0 Å². The topological polar surface area (TPSA) is 51.2 Å². The van der Waals surface area contributed by atoms with Crippen molar-refractivity contribution in [3.05, 3.63) is 24.0 Å². The van der Waals surface area contributed by atoms with E-state index in [2.05, 4.69) is 0 Å². The predicted octanol–water partition coefficient (Wildman–Crippen LogP) is 3.43. The summed E-state index contributed by atoms with van der Waals surface area (Å²) in [6.45, 7) is 14.1. The number of ether oxygens (including phenoxy) is 1. The first kappa shape index (κ1) is 23.6. The van der Waals surface area contributed by atoms with Crippen LogP contribution in [0.4, 0.5) is 14.9 Å². The molecule has 0 atom stereocenters. The second-order valence-corrected chi connectivity index (χ2v) is 9.77. The number of benzene rings is 1. The van der Waals surface area contributed by atoms with Crippen molar-refractivity contribution < 1.29 is 23.2 Å². The van der Waals surface area contributed by atoms with Crippen LogP contribution in [0.25, 0.3) is 0 Å². The summed E-state index contributed by atoms with van der Waals surface area (Å²) in [6, 6.07) is 4.43. The van der Waals surface area contributed by atoms with Gasteiger partial charge >= 0.3 is 13.2 Å². The highest BCUT2D eigenvalue weighted by Crippen LogP contribution is 2.36. The molecule has 29 heavy (non-hydrogen) atoms. The summed E-state index contributed by atoms with van der Waals surface area (Å²) < 4.78 is 32.2. The average molecular weight is 408 g/mol. The second-order valence-electron chi connectivity index (χ2n) is 9.77. The van der Waals surface area contributed by atoms with Crippen LogP contribution in [0.15, 0.2) is 18.2 Å². The van der Waals surface area contributed by atoms with E-state index in [0.717, 1.165) is 0 Å². The Labute approximate surface area is 174 Å². The van der Waals surface area contributed by atoms with Crippen LogP contribution in [0.2, 0.25) is 0 Å². The lowest BCUT2D eigenvalue weighted by Crippen LogP contribution is -2.42. The van der Waals surface area contributed by atoms with Crippen molar-refractivity contribution in [1.29, 1.82) is 0 Å². The van der Waals surface area contributed by atoms with Gasteiger partial charge in [-0.25, -0.2) is 9.18 Å². The predicted molar refractivity (Wildman–Crippen MR) is 114 cm³/mol. The molecule has 0 aliphatic carbocycles. The van der Waals surface area contributed by atoms with Crippen molar-refractivity contribution >= 4 is 24.4 Å². The normalized spacial score (nSPS) is 18.2. The number of anilines is 1. The lowest BCUT2D eigenvalue weighted by molar-refractivity contribution is 0.00578. The van der Waals surface area contributed by atoms with Gasteiger partial charge in [-0.15, -0.1) is 0 Å². The van der Waals surface area contributed by atoms with Crippen molar-refractivity contribution in [3.63, 3.8) is 0 Å². The summed E-state index contributed by atoms with van der Waals surface area (Å²) in [7, 11) is 3.10. The summed E-state index contributed by atoms with van der Waals surface area (Å²) in [4.78, 5) is 16.2. The summed E-state index contributed by atoms with van der Waals surface area (Å²) in [5.74, 6) is -0.467. The number of carbonyl (C=O) groups excluding carboxylic acids is 1. The molecule has 0 bridgehead atoms. The first-order valence-electron chi connectivity index (χ1n) is 9.93. The molecule has 1 heterocycles. The molecule has 6 nitrogen and oxygen atoms in total. The molecule has 1 fully saturated rings. The standard InChI is InChI=1S/C21H34BFN2O4/c1-19(2,3)27-18(26)25(11-10-24(8)9)17-13-15(12-16(23)14-17)22-28-20(4,5)21(6,7)29-22/h12-14H,10-11H2,1-9H3. The molecular formula is C21H34BFN2O4. The number of halogens is 1. The number of hydrogen-bond donors (Lipinski definition) is 0. The highest BCUT2D eigenvalue weighted by atomic mass is 19.1. The highest BCUT2D eigenvalue weighted by Gasteiger charge is 2.51. The minimum atomic E-state index is -0.719. The zero-order chi connectivity index (χ0) is 22.2. The van der Waals surface area contributed by atoms with Gasteiger partial charge in [0.25, 0.3) is 0 Å². The maximum Gasteiger partial charge on any atom is 0.495 e. The Morgan fingerprint density at radius 1 is 1.07 bits per heavy atom. The van der Waals surface area contributed by atoms with E-state index in [4.69, 9.17) is 14.0 Å². The Morgan fingerprint density at radius 2 is 1.62 bits per heavy atom. The third kappa shape index (κ3) is 5.93. The molecule has 1 aliphatic heterocycles. The first-order chi connectivity index (χ1) is 13.1. The third-order valence-corrected chi connectivity index (χ3v) is 5.13. The Hall–Kier alpha value is -1.64. The SMILES string of the molecule is CN(C)CCN(C(=O)OC(C)(C)C)c1cc(F)cc(B2OC(C)(C)C(C)(C)O2)c1. The quantitative estimate of drug-likeness (QED) is 0.699. The van der Waals surface area contributed by atoms with Gasteiger partial charge in [0.1, 0.15) is 11.4 Å². The Balaban J connectivity index is 2.38. The van der Waals surface area contributed by atoms with E-state index in [-0.39, 0.29) is 0 Å². The van der Waals surface area contributed by atoms with Crippen molar-refractivity contribution in [1.82, 2.24) is 4.90 Å². The molecule has 162 valence electrons. The molecule has 1 aromatic carbocycles. The molecule has 0 unspecified atom stereocenters. The van der Waals surface area contributed by atoms with Gasteiger partial charge in [0, 0.05) is 18.8 Å². The van der Waals surface area contributed by atoms with E-state index >= 15 is 0 Å². The first-order valence-corrected chi connectivity index (χ1v) is 9.93. The minimum Gasteiger partial charge on any atom is -0.443 e. The van der Waals surface area contributed by atoms with Gasteiger partial charge in [0.15, 0.2) is 0 Å². The van der Waals surface area contributed by atoms with Gasteiger partial charge in [-0.2, -0.15) is 0 Å². The monoisotopic (exact) mass is 408 g/mol. The minimum absolute atomic E-state index is 0.355. The number of carbonyl (C=O) groups is 1. The van der Waals surface area contributed by atoms with Crippen molar-refractivity contribution in [2.24, 2.45) is 0 Å². The zero-order valence-electron chi connectivity index (χ0n) is 19.1. The molecule has 1 amide bonds. The number of nitrogens with zero attached hydrogens (tertiary/aromatic N) is 2. The van der Waals surface area contributed by atoms with E-state index in [1.165, 1.54) is 17.0 Å². The van der Waals surface area contributed by atoms with Crippen molar-refractivity contribution in [2.75, 3.05) is 32.1 Å². The van der Waals surface area contributed by atoms with Crippen LogP contribution < -0.4 is 10.4 Å². The average Bonchev–Trinajstić information content (AvgIpc) is 2.73. The fraction of sp³-hybridized carbons (Fsp3) is 0.667. The van der Waals surface area contributed by atoms with E-state index in [9.17, 15) is 9.18 Å². The Kier molecular flexibility index (Phi) is 6.72. The molecule has 2 rings (SSSR count). The number of rotatable bonds is 5. The van der Waals surface area contributed by atoms with Crippen LogP contribution in [-0.4, -0.2) is 62.1 Å². The van der Waals surface area contributed by atoms with Crippen LogP contribution in [-0.2, 0) is 14.0 Å². The second kappa shape index (κ2) is 8.24. The van der Waals surface area contributed by atoms with E-state index in [1.807, 2.05) is 46.7 Å². The van der Waals surface area contributed by atoms with Gasteiger partial charge in [0.05, 0.1) is 11.2 Å². The molecule has 1 saturated heterocycles. The molecule has 0 radical (unpaired) electrons. The number of hydrogen-bond acceptors (Lipinski definition) is 5. The number of amides is 1. The summed E-state index contributed by atoms with van der Waals surface area (Å²) in [5.41, 5.74) is -0.808. The van der Waals surface area contributed by atoms with E-state index < -0.39 is 35.8 Å². The molecule has 1 aromatic rings. The van der Waals surface area contributed by atoms with Crippen LogP contribution in [0.3, 0.4) is 0 Å². The highest BCUT2D eigenvalue weighted by molar-refractivity contribution is 6.62. The molecule has 0 aromatic heterocycles. The third-order valence-electron chi connectivity index (χ3n) is 5.13. The fourth-order valence-corrected chi connectivity index (χ4v) is 2.81. The lowest BCUT2D eigenvalue weighted by Gasteiger charge is -2.32. The van der Waals surface area contributed by atoms with Gasteiger partial charge in [-0.05, 0) is 86.2 Å². The molecule has 0 spiro atoms. The van der Waals surface area contributed by atoms with Crippen LogP contribution >= 0.6 is 0 Å². The number of likely N-dealkylation sites (N-methyl/N-ethyl adjacent to an activating group) is 1. The maximum absolute atomic E-state index is 14.5. The summed E-state index contributed by atoms with van der Waals surface area (Å²) >= 11 is 0. The largest absolute Gasteiger partial charge is 0.495 e. The molecule has 0 saturated carbocycles. The molecule has 8 heteroatoms. The Morgan fingerprint density at radius 3 is 2.10 bits per heavy atom. The summed E-state index contributed by atoms with van der Waals surface area (Å²) in [6.07, 6.45) is -0.523. The maximum atomic E-state index is 14.5. The zero-order valence-corrected chi connectivity index (χ0v) is 19.1. The van der Waals surface area contributed by atoms with E-state index in [0.29, 0.717) is 24.2 Å². The molecular weight excluding hydrogens is 374 g/mol. The van der Waals surface area contributed by atoms with Gasteiger partial charge in [0.2, 0.25) is 0 Å². The Bertz CT molecular complexity index is 731. The molecule has 1 aliphatic rings. The van der Waals surface area contributed by atoms with Gasteiger partial charge in [-0.1, -0.05) is 0 Å². The van der Waals surface area contributed by atoms with Crippen LogP contribution in [0, 0.1) is 5.82 Å². The van der Waals surface area contributed by atoms with Gasteiger partial charge < -0.3 is 18.9 Å².